The topological polar surface area (TPSA) is 18.5 Å². The van der Waals surface area contributed by atoms with Crippen LogP contribution in [0.15, 0.2) is 18.2 Å². The van der Waals surface area contributed by atoms with Crippen LogP contribution in [0.5, 0.6) is 0 Å². The van der Waals surface area contributed by atoms with Crippen molar-refractivity contribution in [3.05, 3.63) is 29.3 Å². The second-order valence-corrected chi connectivity index (χ2v) is 6.85. The molecule has 0 spiro atoms. The Morgan fingerprint density at radius 1 is 1.17 bits per heavy atom. The second kappa shape index (κ2) is 5.35. The van der Waals surface area contributed by atoms with Gasteiger partial charge in [0.2, 0.25) is 0 Å². The number of nitrogens with one attached hydrogen (secondary N) is 1. The van der Waals surface area contributed by atoms with Gasteiger partial charge < -0.3 is 10.2 Å². The molecule has 0 aromatic heterocycles. The van der Waals surface area contributed by atoms with Crippen molar-refractivity contribution in [1.82, 2.24) is 8.01 Å². The third-order valence-corrected chi connectivity index (χ3v) is 4.66. The summed E-state index contributed by atoms with van der Waals surface area (Å²) >= 11 is 2.40. The molecule has 0 atom stereocenters. The minimum atomic E-state index is 0.649. The third-order valence-electron chi connectivity index (χ3n) is 3.98. The molecule has 0 radical (unpaired) electrons. The van der Waals surface area contributed by atoms with Gasteiger partial charge in [0.15, 0.2) is 0 Å². The SMILES string of the molecule is CN1CCC(Nc2ccc3c(c2)CN(I)C3)CC1. The van der Waals surface area contributed by atoms with E-state index in [4.69, 9.17) is 0 Å². The monoisotopic (exact) mass is 357 g/mol. The minimum absolute atomic E-state index is 0.649. The van der Waals surface area contributed by atoms with E-state index in [1.165, 1.54) is 42.7 Å². The van der Waals surface area contributed by atoms with Gasteiger partial charge in [0.05, 0.1) is 0 Å². The van der Waals surface area contributed by atoms with Crippen LogP contribution < -0.4 is 5.32 Å². The normalized spacial score (nSPS) is 22.1. The first-order valence-electron chi connectivity index (χ1n) is 6.68. The van der Waals surface area contributed by atoms with Crippen LogP contribution in [0.25, 0.3) is 0 Å². The van der Waals surface area contributed by atoms with E-state index in [9.17, 15) is 0 Å². The van der Waals surface area contributed by atoms with Crippen molar-refractivity contribution in [2.24, 2.45) is 0 Å². The quantitative estimate of drug-likeness (QED) is 0.649. The molecule has 0 saturated carbocycles. The van der Waals surface area contributed by atoms with E-state index in [1.807, 2.05) is 0 Å². The fourth-order valence-electron chi connectivity index (χ4n) is 2.83. The van der Waals surface area contributed by atoms with E-state index in [2.05, 4.69) is 61.4 Å². The number of benzene rings is 1. The Morgan fingerprint density at radius 3 is 2.67 bits per heavy atom. The maximum absolute atomic E-state index is 3.70. The highest BCUT2D eigenvalue weighted by molar-refractivity contribution is 14.1. The van der Waals surface area contributed by atoms with Crippen LogP contribution >= 0.6 is 22.9 Å². The molecule has 2 aliphatic heterocycles. The standard InChI is InChI=1S/C14H20IN3/c1-17-6-4-13(5-7-17)16-14-3-2-11-9-18(15)10-12(11)8-14/h2-3,8,13,16H,4-7,9-10H2,1H3. The lowest BCUT2D eigenvalue weighted by molar-refractivity contribution is 0.264. The fourth-order valence-corrected chi connectivity index (χ4v) is 3.57. The van der Waals surface area contributed by atoms with Crippen LogP contribution in [0, 0.1) is 0 Å². The van der Waals surface area contributed by atoms with Crippen LogP contribution in [0.4, 0.5) is 5.69 Å². The Morgan fingerprint density at radius 2 is 1.89 bits per heavy atom. The van der Waals surface area contributed by atoms with Gasteiger partial charge in [-0.05, 0) is 56.2 Å². The van der Waals surface area contributed by atoms with Crippen LogP contribution in [0.3, 0.4) is 0 Å². The largest absolute Gasteiger partial charge is 0.382 e. The van der Waals surface area contributed by atoms with E-state index < -0.39 is 0 Å². The number of halogens is 1. The fraction of sp³-hybridized carbons (Fsp3) is 0.571. The molecule has 0 unspecified atom stereocenters. The number of nitrogens with zero attached hydrogens (tertiary/aromatic N) is 2. The first-order valence-corrected chi connectivity index (χ1v) is 7.65. The summed E-state index contributed by atoms with van der Waals surface area (Å²) in [6, 6.07) is 7.52. The first-order chi connectivity index (χ1) is 8.70. The molecule has 3 rings (SSSR count). The van der Waals surface area contributed by atoms with E-state index in [0.29, 0.717) is 6.04 Å². The zero-order valence-electron chi connectivity index (χ0n) is 10.8. The van der Waals surface area contributed by atoms with Crippen LogP contribution in [0.1, 0.15) is 24.0 Å². The molecule has 1 aromatic carbocycles. The number of fused-ring (bicyclic) bond motifs is 1. The molecular formula is C14H20IN3. The van der Waals surface area contributed by atoms with Crippen molar-refractivity contribution in [2.75, 3.05) is 25.5 Å². The van der Waals surface area contributed by atoms with Gasteiger partial charge in [-0.25, -0.2) is 3.11 Å². The van der Waals surface area contributed by atoms with Gasteiger partial charge in [-0.15, -0.1) is 0 Å². The number of piperidine rings is 1. The Bertz CT molecular complexity index is 427. The van der Waals surface area contributed by atoms with Crippen molar-refractivity contribution in [2.45, 2.75) is 32.0 Å². The summed E-state index contributed by atoms with van der Waals surface area (Å²) in [7, 11) is 2.21. The molecular weight excluding hydrogens is 337 g/mol. The van der Waals surface area contributed by atoms with Crippen LogP contribution in [-0.4, -0.2) is 34.2 Å². The van der Waals surface area contributed by atoms with E-state index in [1.54, 1.807) is 0 Å². The molecule has 1 fully saturated rings. The van der Waals surface area contributed by atoms with E-state index >= 15 is 0 Å². The molecule has 2 heterocycles. The van der Waals surface area contributed by atoms with Crippen molar-refractivity contribution in [1.29, 1.82) is 0 Å². The van der Waals surface area contributed by atoms with Gasteiger partial charge in [-0.2, -0.15) is 0 Å². The number of hydrogen-bond acceptors (Lipinski definition) is 3. The van der Waals surface area contributed by atoms with Gasteiger partial charge in [0.25, 0.3) is 0 Å². The molecule has 98 valence electrons. The molecule has 0 amide bonds. The molecule has 1 saturated heterocycles. The van der Waals surface area contributed by atoms with Crippen molar-refractivity contribution in [3.8, 4) is 0 Å². The highest BCUT2D eigenvalue weighted by Crippen LogP contribution is 2.28. The lowest BCUT2D eigenvalue weighted by Crippen LogP contribution is -2.36. The molecule has 0 aliphatic carbocycles. The average molecular weight is 357 g/mol. The lowest BCUT2D eigenvalue weighted by Gasteiger charge is -2.30. The van der Waals surface area contributed by atoms with Crippen molar-refractivity contribution >= 4 is 28.6 Å². The zero-order chi connectivity index (χ0) is 12.5. The Labute approximate surface area is 123 Å². The molecule has 0 bridgehead atoms. The van der Waals surface area contributed by atoms with Crippen LogP contribution in [0.2, 0.25) is 0 Å². The summed E-state index contributed by atoms with van der Waals surface area (Å²) in [4.78, 5) is 2.41. The summed E-state index contributed by atoms with van der Waals surface area (Å²) in [6.07, 6.45) is 2.51. The Kier molecular flexibility index (Phi) is 3.77. The molecule has 2 aliphatic rings. The number of rotatable bonds is 2. The number of hydrogen-bond donors (Lipinski definition) is 1. The summed E-state index contributed by atoms with van der Waals surface area (Å²) < 4.78 is 2.34. The van der Waals surface area contributed by atoms with Gasteiger partial charge in [0, 0.05) is 47.7 Å². The maximum Gasteiger partial charge on any atom is 0.0345 e. The predicted molar refractivity (Wildman–Crippen MR) is 83.9 cm³/mol. The smallest absolute Gasteiger partial charge is 0.0345 e. The zero-order valence-corrected chi connectivity index (χ0v) is 13.0. The highest BCUT2D eigenvalue weighted by atomic mass is 127. The van der Waals surface area contributed by atoms with E-state index in [0.717, 1.165) is 13.1 Å². The summed E-state index contributed by atoms with van der Waals surface area (Å²) in [5.41, 5.74) is 4.27. The second-order valence-electron chi connectivity index (χ2n) is 5.48. The van der Waals surface area contributed by atoms with Gasteiger partial charge in [-0.1, -0.05) is 6.07 Å². The van der Waals surface area contributed by atoms with Crippen molar-refractivity contribution < 1.29 is 0 Å². The predicted octanol–water partition coefficient (Wildman–Crippen LogP) is 2.86. The van der Waals surface area contributed by atoms with Gasteiger partial charge >= 0.3 is 0 Å². The molecule has 1 aromatic rings. The van der Waals surface area contributed by atoms with Crippen LogP contribution in [-0.2, 0) is 13.1 Å². The Balaban J connectivity index is 1.65. The Hall–Kier alpha value is -0.330. The van der Waals surface area contributed by atoms with Gasteiger partial charge in [0.1, 0.15) is 0 Å². The summed E-state index contributed by atoms with van der Waals surface area (Å²) in [6.45, 7) is 4.59. The van der Waals surface area contributed by atoms with Crippen molar-refractivity contribution in [3.63, 3.8) is 0 Å². The highest BCUT2D eigenvalue weighted by Gasteiger charge is 2.19. The third kappa shape index (κ3) is 2.81. The van der Waals surface area contributed by atoms with Gasteiger partial charge in [-0.3, -0.25) is 0 Å². The average Bonchev–Trinajstić information content (AvgIpc) is 2.71. The summed E-state index contributed by atoms with van der Waals surface area (Å²) in [5, 5.41) is 3.70. The molecule has 3 nitrogen and oxygen atoms in total. The lowest BCUT2D eigenvalue weighted by atomic mass is 10.0. The van der Waals surface area contributed by atoms with E-state index in [-0.39, 0.29) is 0 Å². The first kappa shape index (κ1) is 12.7. The molecule has 4 heteroatoms. The number of anilines is 1. The minimum Gasteiger partial charge on any atom is -0.382 e. The maximum atomic E-state index is 3.70. The summed E-state index contributed by atoms with van der Waals surface area (Å²) in [5.74, 6) is 0. The molecule has 1 N–H and O–H groups in total. The number of likely N-dealkylation sites (tertiary alicyclic amines) is 1. The molecule has 18 heavy (non-hydrogen) atoms.